The molecule has 0 aliphatic carbocycles. The highest BCUT2D eigenvalue weighted by atomic mass is 35.5. The summed E-state index contributed by atoms with van der Waals surface area (Å²) in [7, 11) is 0. The number of nitrogens with one attached hydrogen (secondary N) is 2. The molecule has 0 spiro atoms. The van der Waals surface area contributed by atoms with Crippen LogP contribution in [0.5, 0.6) is 0 Å². The fourth-order valence-corrected chi connectivity index (χ4v) is 1.62. The Kier molecular flexibility index (Phi) is 2.33. The largest absolute Gasteiger partial charge is 0.354 e. The lowest BCUT2D eigenvalue weighted by atomic mass is 10.3. The molecule has 0 saturated heterocycles. The third-order valence-corrected chi connectivity index (χ3v) is 2.28. The van der Waals surface area contributed by atoms with Crippen LogP contribution in [0.15, 0.2) is 0 Å². The summed E-state index contributed by atoms with van der Waals surface area (Å²) >= 11 is 5.98. The monoisotopic (exact) mass is 198 g/mol. The van der Waals surface area contributed by atoms with Gasteiger partial charge < -0.3 is 10.6 Å². The first-order valence-electron chi connectivity index (χ1n) is 4.31. The highest BCUT2D eigenvalue weighted by Gasteiger charge is 2.17. The summed E-state index contributed by atoms with van der Waals surface area (Å²) in [6.07, 6.45) is 0. The van der Waals surface area contributed by atoms with Crippen molar-refractivity contribution in [3.05, 3.63) is 16.4 Å². The van der Waals surface area contributed by atoms with Gasteiger partial charge >= 0.3 is 0 Å². The Bertz CT molecular complexity index is 326. The molecule has 0 unspecified atom stereocenters. The summed E-state index contributed by atoms with van der Waals surface area (Å²) in [5.41, 5.74) is 2.04. The molecular formula is C8H11ClN4. The van der Waals surface area contributed by atoms with Gasteiger partial charge in [0.2, 0.25) is 5.95 Å². The summed E-state index contributed by atoms with van der Waals surface area (Å²) in [6.45, 7) is 4.38. The second-order valence-corrected chi connectivity index (χ2v) is 3.26. The second-order valence-electron chi connectivity index (χ2n) is 2.90. The van der Waals surface area contributed by atoms with Crippen LogP contribution in [0.4, 0.5) is 5.95 Å². The molecule has 13 heavy (non-hydrogen) atoms. The highest BCUT2D eigenvalue weighted by Crippen LogP contribution is 2.22. The minimum absolute atomic E-state index is 0.561. The van der Waals surface area contributed by atoms with Crippen LogP contribution in [0.2, 0.25) is 5.15 Å². The minimum Gasteiger partial charge on any atom is -0.354 e. The van der Waals surface area contributed by atoms with E-state index in [4.69, 9.17) is 11.6 Å². The van der Waals surface area contributed by atoms with E-state index >= 15 is 0 Å². The predicted octanol–water partition coefficient (Wildman–Crippen LogP) is 1.16. The smallest absolute Gasteiger partial charge is 0.224 e. The average Bonchev–Trinajstić information content (AvgIpc) is 2.53. The van der Waals surface area contributed by atoms with Crippen LogP contribution in [0.1, 0.15) is 18.2 Å². The van der Waals surface area contributed by atoms with E-state index in [1.54, 1.807) is 0 Å². The lowest BCUT2D eigenvalue weighted by molar-refractivity contribution is 0.758. The van der Waals surface area contributed by atoms with Crippen molar-refractivity contribution in [3.8, 4) is 0 Å². The molecule has 0 radical (unpaired) electrons. The molecule has 0 fully saturated rings. The minimum atomic E-state index is 0.561. The van der Waals surface area contributed by atoms with Gasteiger partial charge in [-0.25, -0.2) is 9.97 Å². The van der Waals surface area contributed by atoms with Crippen molar-refractivity contribution in [2.24, 2.45) is 0 Å². The van der Waals surface area contributed by atoms with Crippen molar-refractivity contribution in [2.45, 2.75) is 20.0 Å². The van der Waals surface area contributed by atoms with Gasteiger partial charge in [-0.05, 0) is 6.92 Å². The third-order valence-electron chi connectivity index (χ3n) is 1.97. The normalized spacial score (nSPS) is 14.3. The van der Waals surface area contributed by atoms with E-state index in [-0.39, 0.29) is 0 Å². The van der Waals surface area contributed by atoms with Gasteiger partial charge in [0.15, 0.2) is 0 Å². The van der Waals surface area contributed by atoms with Gasteiger partial charge in [0, 0.05) is 25.2 Å². The Morgan fingerprint density at radius 2 is 2.31 bits per heavy atom. The van der Waals surface area contributed by atoms with Gasteiger partial charge in [-0.2, -0.15) is 0 Å². The number of anilines is 1. The molecule has 1 aliphatic rings. The molecule has 2 heterocycles. The molecular weight excluding hydrogens is 188 g/mol. The third kappa shape index (κ3) is 1.59. The van der Waals surface area contributed by atoms with E-state index in [2.05, 4.69) is 20.6 Å². The van der Waals surface area contributed by atoms with E-state index in [1.807, 2.05) is 6.92 Å². The number of hydrogen-bond donors (Lipinski definition) is 2. The van der Waals surface area contributed by atoms with Crippen LogP contribution < -0.4 is 10.6 Å². The lowest BCUT2D eigenvalue weighted by Gasteiger charge is -2.04. The molecule has 0 atom stereocenters. The second kappa shape index (κ2) is 3.47. The first-order chi connectivity index (χ1) is 6.31. The summed E-state index contributed by atoms with van der Waals surface area (Å²) in [4.78, 5) is 8.47. The number of nitrogens with zero attached hydrogens (tertiary/aromatic N) is 2. The molecule has 1 aromatic heterocycles. The average molecular weight is 199 g/mol. The fourth-order valence-electron chi connectivity index (χ4n) is 1.36. The van der Waals surface area contributed by atoms with Crippen molar-refractivity contribution in [1.82, 2.24) is 15.3 Å². The molecule has 0 bridgehead atoms. The maximum atomic E-state index is 5.98. The van der Waals surface area contributed by atoms with Gasteiger partial charge in [-0.1, -0.05) is 11.6 Å². The molecule has 4 nitrogen and oxygen atoms in total. The van der Waals surface area contributed by atoms with Gasteiger partial charge in [0.1, 0.15) is 5.15 Å². The summed E-state index contributed by atoms with van der Waals surface area (Å²) < 4.78 is 0. The molecule has 0 amide bonds. The number of fused-ring (bicyclic) bond motifs is 1. The topological polar surface area (TPSA) is 49.8 Å². The van der Waals surface area contributed by atoms with Crippen LogP contribution in [0.3, 0.4) is 0 Å². The zero-order valence-corrected chi connectivity index (χ0v) is 8.15. The van der Waals surface area contributed by atoms with Gasteiger partial charge in [0.25, 0.3) is 0 Å². The lowest BCUT2D eigenvalue weighted by Crippen LogP contribution is -2.05. The fraction of sp³-hybridized carbons (Fsp3) is 0.500. The number of aromatic nitrogens is 2. The summed E-state index contributed by atoms with van der Waals surface area (Å²) in [6, 6.07) is 0. The first kappa shape index (κ1) is 8.72. The van der Waals surface area contributed by atoms with Crippen LogP contribution >= 0.6 is 11.6 Å². The Labute approximate surface area is 81.7 Å². The molecule has 5 heteroatoms. The zero-order chi connectivity index (χ0) is 9.26. The predicted molar refractivity (Wildman–Crippen MR) is 51.7 cm³/mol. The zero-order valence-electron chi connectivity index (χ0n) is 7.39. The highest BCUT2D eigenvalue weighted by molar-refractivity contribution is 6.30. The quantitative estimate of drug-likeness (QED) is 0.701. The number of rotatable bonds is 2. The molecule has 1 aromatic rings. The standard InChI is InChI=1S/C8H11ClN4/c1-2-11-8-12-6-4-10-3-5(6)7(9)13-8/h10H,2-4H2,1H3,(H,11,12,13). The molecule has 1 aliphatic heterocycles. The number of halogens is 1. The summed E-state index contributed by atoms with van der Waals surface area (Å²) in [5, 5.41) is 6.79. The van der Waals surface area contributed by atoms with Crippen molar-refractivity contribution in [1.29, 1.82) is 0 Å². The van der Waals surface area contributed by atoms with Crippen molar-refractivity contribution in [2.75, 3.05) is 11.9 Å². The van der Waals surface area contributed by atoms with Crippen molar-refractivity contribution in [3.63, 3.8) is 0 Å². The van der Waals surface area contributed by atoms with Crippen molar-refractivity contribution < 1.29 is 0 Å². The Morgan fingerprint density at radius 3 is 3.08 bits per heavy atom. The van der Waals surface area contributed by atoms with E-state index < -0.39 is 0 Å². The Balaban J connectivity index is 2.37. The van der Waals surface area contributed by atoms with Gasteiger partial charge in [0.05, 0.1) is 5.69 Å². The van der Waals surface area contributed by atoms with E-state index in [0.29, 0.717) is 11.1 Å². The van der Waals surface area contributed by atoms with E-state index in [0.717, 1.165) is 30.9 Å². The molecule has 2 rings (SSSR count). The SMILES string of the molecule is CCNc1nc(Cl)c2c(n1)CNC2. The van der Waals surface area contributed by atoms with Gasteiger partial charge in [-0.3, -0.25) is 0 Å². The summed E-state index contributed by atoms with van der Waals surface area (Å²) in [5.74, 6) is 0.620. The maximum Gasteiger partial charge on any atom is 0.224 e. The van der Waals surface area contributed by atoms with Crippen LogP contribution in [-0.4, -0.2) is 16.5 Å². The van der Waals surface area contributed by atoms with Gasteiger partial charge in [-0.15, -0.1) is 0 Å². The van der Waals surface area contributed by atoms with E-state index in [1.165, 1.54) is 0 Å². The molecule has 0 saturated carbocycles. The first-order valence-corrected chi connectivity index (χ1v) is 4.69. The maximum absolute atomic E-state index is 5.98. The molecule has 0 aromatic carbocycles. The van der Waals surface area contributed by atoms with Crippen molar-refractivity contribution >= 4 is 17.5 Å². The number of hydrogen-bond acceptors (Lipinski definition) is 4. The van der Waals surface area contributed by atoms with Crippen LogP contribution in [0.25, 0.3) is 0 Å². The van der Waals surface area contributed by atoms with Crippen LogP contribution in [0, 0.1) is 0 Å². The van der Waals surface area contributed by atoms with Crippen LogP contribution in [-0.2, 0) is 13.1 Å². The Hall–Kier alpha value is -0.870. The molecule has 70 valence electrons. The Morgan fingerprint density at radius 1 is 1.46 bits per heavy atom. The van der Waals surface area contributed by atoms with E-state index in [9.17, 15) is 0 Å². The molecule has 2 N–H and O–H groups in total.